The van der Waals surface area contributed by atoms with E-state index >= 15 is 0 Å². The van der Waals surface area contributed by atoms with E-state index < -0.39 is 0 Å². The summed E-state index contributed by atoms with van der Waals surface area (Å²) in [5, 5.41) is 0. The van der Waals surface area contributed by atoms with Gasteiger partial charge in [0.15, 0.2) is 0 Å². The molecule has 0 fully saturated rings. The third-order valence-corrected chi connectivity index (χ3v) is 3.08. The molecule has 3 nitrogen and oxygen atoms in total. The molecular formula is C10H17NO2S. The number of ether oxygens (including phenoxy) is 2. The predicted octanol–water partition coefficient (Wildman–Crippen LogP) is 1.68. The summed E-state index contributed by atoms with van der Waals surface area (Å²) < 4.78 is 10.3. The molecule has 0 aliphatic carbocycles. The second kappa shape index (κ2) is 6.14. The summed E-state index contributed by atoms with van der Waals surface area (Å²) >= 11 is 1.74. The normalized spacial score (nSPS) is 10.8. The van der Waals surface area contributed by atoms with Crippen LogP contribution in [0.3, 0.4) is 0 Å². The van der Waals surface area contributed by atoms with Gasteiger partial charge < -0.3 is 15.2 Å². The van der Waals surface area contributed by atoms with Crippen LogP contribution >= 0.6 is 11.3 Å². The maximum atomic E-state index is 5.56. The van der Waals surface area contributed by atoms with Crippen molar-refractivity contribution in [2.45, 2.75) is 20.1 Å². The molecule has 0 unspecified atom stereocenters. The van der Waals surface area contributed by atoms with Crippen LogP contribution in [0.25, 0.3) is 0 Å². The summed E-state index contributed by atoms with van der Waals surface area (Å²) in [4.78, 5) is 2.51. The average Bonchev–Trinajstić information content (AvgIpc) is 2.54. The molecule has 1 heterocycles. The largest absolute Gasteiger partial charge is 0.382 e. The molecule has 0 radical (unpaired) electrons. The third kappa shape index (κ3) is 3.38. The van der Waals surface area contributed by atoms with Gasteiger partial charge >= 0.3 is 0 Å². The molecule has 0 aliphatic rings. The number of aryl methyl sites for hydroxylation is 1. The van der Waals surface area contributed by atoms with Crippen LogP contribution in [-0.2, 0) is 22.6 Å². The van der Waals surface area contributed by atoms with Crippen LogP contribution < -0.4 is 5.73 Å². The molecule has 1 aromatic rings. The zero-order valence-electron chi connectivity index (χ0n) is 8.71. The van der Waals surface area contributed by atoms with Crippen LogP contribution in [0.2, 0.25) is 0 Å². The zero-order chi connectivity index (χ0) is 10.4. The van der Waals surface area contributed by atoms with Crippen molar-refractivity contribution >= 4 is 11.3 Å². The van der Waals surface area contributed by atoms with Crippen LogP contribution in [0.1, 0.15) is 15.3 Å². The summed E-state index contributed by atoms with van der Waals surface area (Å²) in [5.41, 5.74) is 6.80. The van der Waals surface area contributed by atoms with Crippen molar-refractivity contribution in [1.29, 1.82) is 0 Å². The highest BCUT2D eigenvalue weighted by atomic mass is 32.1. The fourth-order valence-electron chi connectivity index (χ4n) is 1.16. The Morgan fingerprint density at radius 3 is 2.79 bits per heavy atom. The monoisotopic (exact) mass is 215 g/mol. The van der Waals surface area contributed by atoms with Crippen molar-refractivity contribution in [3.05, 3.63) is 21.4 Å². The SMILES string of the molecule is COCCOCc1cc(CN)sc1C. The van der Waals surface area contributed by atoms with Crippen molar-refractivity contribution in [3.8, 4) is 0 Å². The van der Waals surface area contributed by atoms with Gasteiger partial charge in [-0.1, -0.05) is 0 Å². The van der Waals surface area contributed by atoms with Gasteiger partial charge in [0.05, 0.1) is 19.8 Å². The highest BCUT2D eigenvalue weighted by Gasteiger charge is 2.03. The molecule has 80 valence electrons. The van der Waals surface area contributed by atoms with Gasteiger partial charge in [-0.2, -0.15) is 0 Å². The molecule has 0 bridgehead atoms. The Bertz CT molecular complexity index is 273. The van der Waals surface area contributed by atoms with E-state index in [2.05, 4.69) is 13.0 Å². The minimum Gasteiger partial charge on any atom is -0.382 e. The molecule has 1 aromatic heterocycles. The number of hydrogen-bond acceptors (Lipinski definition) is 4. The topological polar surface area (TPSA) is 44.5 Å². The molecule has 0 saturated heterocycles. The maximum absolute atomic E-state index is 5.56. The lowest BCUT2D eigenvalue weighted by Crippen LogP contribution is -2.01. The van der Waals surface area contributed by atoms with Gasteiger partial charge in [0.1, 0.15) is 0 Å². The van der Waals surface area contributed by atoms with Crippen LogP contribution in [0.15, 0.2) is 6.07 Å². The van der Waals surface area contributed by atoms with Crippen molar-refractivity contribution in [1.82, 2.24) is 0 Å². The Kier molecular flexibility index (Phi) is 5.11. The summed E-state index contributed by atoms with van der Waals surface area (Å²) in [6.07, 6.45) is 0. The molecule has 0 atom stereocenters. The van der Waals surface area contributed by atoms with Crippen LogP contribution in [-0.4, -0.2) is 20.3 Å². The number of nitrogens with two attached hydrogens (primary N) is 1. The summed E-state index contributed by atoms with van der Waals surface area (Å²) in [5.74, 6) is 0. The Morgan fingerprint density at radius 2 is 2.21 bits per heavy atom. The molecule has 2 N–H and O–H groups in total. The van der Waals surface area contributed by atoms with Gasteiger partial charge in [0.2, 0.25) is 0 Å². The van der Waals surface area contributed by atoms with Gasteiger partial charge in [-0.25, -0.2) is 0 Å². The molecule has 1 rings (SSSR count). The number of methoxy groups -OCH3 is 1. The third-order valence-electron chi connectivity index (χ3n) is 1.96. The minimum atomic E-state index is 0.615. The zero-order valence-corrected chi connectivity index (χ0v) is 9.52. The van der Waals surface area contributed by atoms with E-state index in [0.717, 1.165) is 0 Å². The highest BCUT2D eigenvalue weighted by Crippen LogP contribution is 2.21. The fourth-order valence-corrected chi connectivity index (χ4v) is 2.08. The maximum Gasteiger partial charge on any atom is 0.0728 e. The summed E-state index contributed by atoms with van der Waals surface area (Å²) in [6.45, 7) is 4.66. The first-order valence-corrected chi connectivity index (χ1v) is 5.44. The predicted molar refractivity (Wildman–Crippen MR) is 58.5 cm³/mol. The summed E-state index contributed by atoms with van der Waals surface area (Å²) in [7, 11) is 1.67. The fraction of sp³-hybridized carbons (Fsp3) is 0.600. The first-order chi connectivity index (χ1) is 6.77. The molecule has 14 heavy (non-hydrogen) atoms. The van der Waals surface area contributed by atoms with Gasteiger partial charge in [-0.05, 0) is 18.6 Å². The van der Waals surface area contributed by atoms with Crippen molar-refractivity contribution in [2.75, 3.05) is 20.3 Å². The Labute approximate surface area is 88.8 Å². The quantitative estimate of drug-likeness (QED) is 0.734. The van der Waals surface area contributed by atoms with Crippen molar-refractivity contribution in [3.63, 3.8) is 0 Å². The van der Waals surface area contributed by atoms with E-state index in [1.807, 2.05) is 0 Å². The lowest BCUT2D eigenvalue weighted by atomic mass is 10.2. The van der Waals surface area contributed by atoms with Gasteiger partial charge in [0, 0.05) is 23.4 Å². The van der Waals surface area contributed by atoms with Crippen molar-refractivity contribution < 1.29 is 9.47 Å². The van der Waals surface area contributed by atoms with E-state index in [1.54, 1.807) is 18.4 Å². The second-order valence-electron chi connectivity index (χ2n) is 3.04. The first kappa shape index (κ1) is 11.7. The molecule has 0 aromatic carbocycles. The van der Waals surface area contributed by atoms with E-state index in [0.29, 0.717) is 26.4 Å². The molecule has 0 spiro atoms. The van der Waals surface area contributed by atoms with Crippen molar-refractivity contribution in [2.24, 2.45) is 5.73 Å². The van der Waals surface area contributed by atoms with Gasteiger partial charge in [-0.3, -0.25) is 0 Å². The molecule has 4 heteroatoms. The average molecular weight is 215 g/mol. The minimum absolute atomic E-state index is 0.615. The highest BCUT2D eigenvalue weighted by molar-refractivity contribution is 7.12. The molecular weight excluding hydrogens is 198 g/mol. The van der Waals surface area contributed by atoms with Crippen LogP contribution in [0, 0.1) is 6.92 Å². The van der Waals surface area contributed by atoms with E-state index in [4.69, 9.17) is 15.2 Å². The van der Waals surface area contributed by atoms with Crippen LogP contribution in [0.5, 0.6) is 0 Å². The number of hydrogen-bond donors (Lipinski definition) is 1. The van der Waals surface area contributed by atoms with Gasteiger partial charge in [-0.15, -0.1) is 11.3 Å². The lowest BCUT2D eigenvalue weighted by Gasteiger charge is -2.02. The number of thiophene rings is 1. The molecule has 0 saturated carbocycles. The van der Waals surface area contributed by atoms with Crippen LogP contribution in [0.4, 0.5) is 0 Å². The summed E-state index contributed by atoms with van der Waals surface area (Å²) in [6, 6.07) is 2.12. The van der Waals surface area contributed by atoms with E-state index in [-0.39, 0.29) is 0 Å². The first-order valence-electron chi connectivity index (χ1n) is 4.63. The Balaban J connectivity index is 2.38. The van der Waals surface area contributed by atoms with Gasteiger partial charge in [0.25, 0.3) is 0 Å². The van der Waals surface area contributed by atoms with E-state index in [1.165, 1.54) is 15.3 Å². The standard InChI is InChI=1S/C10H17NO2S/c1-8-9(5-10(6-11)14-8)7-13-4-3-12-2/h5H,3-4,6-7,11H2,1-2H3. The molecule has 0 amide bonds. The van der Waals surface area contributed by atoms with E-state index in [9.17, 15) is 0 Å². The lowest BCUT2D eigenvalue weighted by molar-refractivity contribution is 0.0616. The Morgan fingerprint density at radius 1 is 1.43 bits per heavy atom. The smallest absolute Gasteiger partial charge is 0.0728 e. The molecule has 0 aliphatic heterocycles. The second-order valence-corrected chi connectivity index (χ2v) is 4.38. The number of rotatable bonds is 6. The Hall–Kier alpha value is -0.420.